The van der Waals surface area contributed by atoms with Gasteiger partial charge in [-0.25, -0.2) is 0 Å². The summed E-state index contributed by atoms with van der Waals surface area (Å²) in [6, 6.07) is 0. The number of unbranched alkanes of at least 4 members (excludes halogenated alkanes) is 6. The van der Waals surface area contributed by atoms with Gasteiger partial charge in [0, 0.05) is 12.8 Å². The highest BCUT2D eigenvalue weighted by atomic mass is 16.6. The van der Waals surface area contributed by atoms with E-state index < -0.39 is 5.97 Å². The molecule has 4 heteroatoms. The average molecular weight is 312 g/mol. The summed E-state index contributed by atoms with van der Waals surface area (Å²) in [7, 11) is 0. The molecule has 0 unspecified atom stereocenters. The Hall–Kier alpha value is -0.610. The van der Waals surface area contributed by atoms with E-state index in [1.54, 1.807) is 0 Å². The fourth-order valence-electron chi connectivity index (χ4n) is 3.26. The van der Waals surface area contributed by atoms with E-state index in [4.69, 9.17) is 14.6 Å². The Balaban J connectivity index is 1.36. The lowest BCUT2D eigenvalue weighted by molar-refractivity contribution is -0.137. The van der Waals surface area contributed by atoms with Gasteiger partial charge in [0.15, 0.2) is 0 Å². The average Bonchev–Trinajstić information content (AvgIpc) is 3.38. The molecule has 0 aromatic rings. The molecule has 2 heterocycles. The van der Waals surface area contributed by atoms with Crippen LogP contribution in [-0.4, -0.2) is 35.5 Å². The second kappa shape index (κ2) is 9.51. The minimum atomic E-state index is -0.676. The van der Waals surface area contributed by atoms with Crippen molar-refractivity contribution in [1.29, 1.82) is 0 Å². The zero-order valence-electron chi connectivity index (χ0n) is 14.0. The fraction of sp³-hybridized carbons (Fsp3) is 0.944. The standard InChI is InChI=1S/C18H32O4/c1-2-3-7-10-14-16(21-14)13-17-15(22-17)11-8-5-4-6-9-12-18(19)20/h14-17H,2-13H2,1H3,(H,19,20)/t14-,15-,16-,17+/m0/s1. The maximum Gasteiger partial charge on any atom is 0.303 e. The molecule has 4 nitrogen and oxygen atoms in total. The molecule has 1 N–H and O–H groups in total. The van der Waals surface area contributed by atoms with Crippen molar-refractivity contribution in [3.63, 3.8) is 0 Å². The first-order valence-corrected chi connectivity index (χ1v) is 9.23. The van der Waals surface area contributed by atoms with Gasteiger partial charge >= 0.3 is 5.97 Å². The van der Waals surface area contributed by atoms with Crippen LogP contribution in [0.5, 0.6) is 0 Å². The number of hydrogen-bond acceptors (Lipinski definition) is 3. The van der Waals surface area contributed by atoms with Crippen molar-refractivity contribution in [2.75, 3.05) is 0 Å². The number of carbonyl (C=O) groups is 1. The molecular formula is C18H32O4. The highest BCUT2D eigenvalue weighted by Gasteiger charge is 2.47. The van der Waals surface area contributed by atoms with Crippen LogP contribution in [-0.2, 0) is 14.3 Å². The van der Waals surface area contributed by atoms with Crippen molar-refractivity contribution in [3.05, 3.63) is 0 Å². The van der Waals surface area contributed by atoms with Crippen LogP contribution in [0.3, 0.4) is 0 Å². The maximum atomic E-state index is 10.4. The lowest BCUT2D eigenvalue weighted by atomic mass is 10.0. The van der Waals surface area contributed by atoms with Gasteiger partial charge in [-0.3, -0.25) is 4.79 Å². The number of rotatable bonds is 14. The van der Waals surface area contributed by atoms with Gasteiger partial charge < -0.3 is 14.6 Å². The van der Waals surface area contributed by atoms with E-state index in [1.165, 1.54) is 38.5 Å². The molecule has 0 bridgehead atoms. The predicted molar refractivity (Wildman–Crippen MR) is 86.0 cm³/mol. The molecule has 0 saturated carbocycles. The first kappa shape index (κ1) is 17.7. The SMILES string of the molecule is CCCCC[C@@H]1O[C@H]1C[C@H]1O[C@H]1CCCCCCCC(=O)O. The van der Waals surface area contributed by atoms with Crippen LogP contribution >= 0.6 is 0 Å². The smallest absolute Gasteiger partial charge is 0.303 e. The van der Waals surface area contributed by atoms with Crippen LogP contribution < -0.4 is 0 Å². The first-order chi connectivity index (χ1) is 10.7. The van der Waals surface area contributed by atoms with Gasteiger partial charge in [0.05, 0.1) is 24.4 Å². The van der Waals surface area contributed by atoms with Gasteiger partial charge in [-0.2, -0.15) is 0 Å². The molecule has 2 rings (SSSR count). The van der Waals surface area contributed by atoms with E-state index in [9.17, 15) is 4.79 Å². The molecule has 0 radical (unpaired) electrons. The van der Waals surface area contributed by atoms with Crippen LogP contribution in [0.1, 0.15) is 84.0 Å². The number of aliphatic carboxylic acids is 1. The van der Waals surface area contributed by atoms with Crippen molar-refractivity contribution in [2.24, 2.45) is 0 Å². The molecule has 128 valence electrons. The van der Waals surface area contributed by atoms with Gasteiger partial charge in [0.1, 0.15) is 0 Å². The van der Waals surface area contributed by atoms with E-state index in [0.29, 0.717) is 30.8 Å². The normalized spacial score (nSPS) is 29.5. The Morgan fingerprint density at radius 1 is 0.818 bits per heavy atom. The third kappa shape index (κ3) is 7.10. The van der Waals surface area contributed by atoms with E-state index in [1.807, 2.05) is 0 Å². The molecule has 2 aliphatic heterocycles. The molecule has 0 aromatic carbocycles. The van der Waals surface area contributed by atoms with Crippen molar-refractivity contribution in [1.82, 2.24) is 0 Å². The summed E-state index contributed by atoms with van der Waals surface area (Å²) in [5.74, 6) is -0.676. The van der Waals surface area contributed by atoms with Gasteiger partial charge in [0.25, 0.3) is 0 Å². The zero-order valence-corrected chi connectivity index (χ0v) is 14.0. The second-order valence-corrected chi connectivity index (χ2v) is 6.86. The minimum absolute atomic E-state index is 0.314. The quantitative estimate of drug-likeness (QED) is 0.383. The third-order valence-electron chi connectivity index (χ3n) is 4.81. The molecule has 22 heavy (non-hydrogen) atoms. The van der Waals surface area contributed by atoms with E-state index in [-0.39, 0.29) is 0 Å². The lowest BCUT2D eigenvalue weighted by Crippen LogP contribution is -2.02. The number of epoxide rings is 2. The molecule has 2 saturated heterocycles. The summed E-state index contributed by atoms with van der Waals surface area (Å²) in [5, 5.41) is 8.56. The van der Waals surface area contributed by atoms with Crippen molar-refractivity contribution >= 4 is 5.97 Å². The largest absolute Gasteiger partial charge is 0.481 e. The Bertz CT molecular complexity index is 331. The van der Waals surface area contributed by atoms with Gasteiger partial charge in [-0.15, -0.1) is 0 Å². The van der Waals surface area contributed by atoms with Crippen LogP contribution in [0.15, 0.2) is 0 Å². The summed E-state index contributed by atoms with van der Waals surface area (Å²) < 4.78 is 11.5. The van der Waals surface area contributed by atoms with Crippen molar-refractivity contribution in [3.8, 4) is 0 Å². The zero-order chi connectivity index (χ0) is 15.8. The molecule has 0 spiro atoms. The highest BCUT2D eigenvalue weighted by molar-refractivity contribution is 5.66. The fourth-order valence-corrected chi connectivity index (χ4v) is 3.26. The number of carboxylic acids is 1. The molecular weight excluding hydrogens is 280 g/mol. The van der Waals surface area contributed by atoms with Crippen molar-refractivity contribution < 1.29 is 19.4 Å². The lowest BCUT2D eigenvalue weighted by Gasteiger charge is -1.99. The Morgan fingerprint density at radius 3 is 1.95 bits per heavy atom. The van der Waals surface area contributed by atoms with Crippen LogP contribution in [0, 0.1) is 0 Å². The van der Waals surface area contributed by atoms with E-state index in [0.717, 1.165) is 32.1 Å². The molecule has 2 aliphatic rings. The van der Waals surface area contributed by atoms with E-state index in [2.05, 4.69) is 6.92 Å². The molecule has 0 aliphatic carbocycles. The van der Waals surface area contributed by atoms with Gasteiger partial charge in [-0.05, 0) is 19.3 Å². The first-order valence-electron chi connectivity index (χ1n) is 9.23. The molecule has 0 amide bonds. The van der Waals surface area contributed by atoms with Gasteiger partial charge in [0.2, 0.25) is 0 Å². The van der Waals surface area contributed by atoms with Crippen LogP contribution in [0.25, 0.3) is 0 Å². The summed E-state index contributed by atoms with van der Waals surface area (Å²) in [6.07, 6.45) is 15.0. The van der Waals surface area contributed by atoms with Gasteiger partial charge in [-0.1, -0.05) is 51.9 Å². The number of carboxylic acid groups (broad SMARTS) is 1. The molecule has 0 aromatic heterocycles. The summed E-state index contributed by atoms with van der Waals surface area (Å²) >= 11 is 0. The molecule has 4 atom stereocenters. The second-order valence-electron chi connectivity index (χ2n) is 6.86. The Labute approximate surface area is 134 Å². The minimum Gasteiger partial charge on any atom is -0.481 e. The Kier molecular flexibility index (Phi) is 7.67. The molecule has 2 fully saturated rings. The highest BCUT2D eigenvalue weighted by Crippen LogP contribution is 2.39. The van der Waals surface area contributed by atoms with Crippen LogP contribution in [0.2, 0.25) is 0 Å². The number of hydrogen-bond donors (Lipinski definition) is 1. The summed E-state index contributed by atoms with van der Waals surface area (Å²) in [6.45, 7) is 2.24. The van der Waals surface area contributed by atoms with Crippen molar-refractivity contribution in [2.45, 2.75) is 108 Å². The maximum absolute atomic E-state index is 10.4. The summed E-state index contributed by atoms with van der Waals surface area (Å²) in [5.41, 5.74) is 0. The monoisotopic (exact) mass is 312 g/mol. The van der Waals surface area contributed by atoms with Crippen LogP contribution in [0.4, 0.5) is 0 Å². The summed E-state index contributed by atoms with van der Waals surface area (Å²) in [4.78, 5) is 10.4. The Morgan fingerprint density at radius 2 is 1.36 bits per heavy atom. The third-order valence-corrected chi connectivity index (χ3v) is 4.81. The topological polar surface area (TPSA) is 62.4 Å². The van der Waals surface area contributed by atoms with E-state index >= 15 is 0 Å². The predicted octanol–water partition coefficient (Wildman–Crippen LogP) is 4.31. The number of ether oxygens (including phenoxy) is 2.